The van der Waals surface area contributed by atoms with Crippen LogP contribution in [0.1, 0.15) is 16.7 Å². The molecule has 0 aliphatic carbocycles. The van der Waals surface area contributed by atoms with E-state index in [-0.39, 0.29) is 27.8 Å². The lowest BCUT2D eigenvalue weighted by Gasteiger charge is -2.12. The number of thioether (sulfide) groups is 1. The van der Waals surface area contributed by atoms with E-state index >= 15 is 0 Å². The fourth-order valence-electron chi connectivity index (χ4n) is 3.30. The van der Waals surface area contributed by atoms with E-state index < -0.39 is 26.2 Å². The van der Waals surface area contributed by atoms with E-state index in [4.69, 9.17) is 15.8 Å². The molecule has 0 radical (unpaired) electrons. The summed E-state index contributed by atoms with van der Waals surface area (Å²) in [5.74, 6) is -0.463. The number of carbonyl (C=O) groups excluding carboxylic acids is 2. The van der Waals surface area contributed by atoms with Gasteiger partial charge in [0.15, 0.2) is 0 Å². The van der Waals surface area contributed by atoms with E-state index in [0.29, 0.717) is 16.1 Å². The van der Waals surface area contributed by atoms with Crippen LogP contribution in [0.3, 0.4) is 0 Å². The van der Waals surface area contributed by atoms with Gasteiger partial charge in [-0.3, -0.25) is 24.6 Å². The first kappa shape index (κ1) is 25.4. The van der Waals surface area contributed by atoms with Crippen molar-refractivity contribution in [2.24, 2.45) is 0 Å². The van der Waals surface area contributed by atoms with Gasteiger partial charge in [-0.2, -0.15) is 8.42 Å². The fourth-order valence-corrected chi connectivity index (χ4v) is 5.21. The zero-order chi connectivity index (χ0) is 26.0. The Morgan fingerprint density at radius 2 is 1.72 bits per heavy atom. The van der Waals surface area contributed by atoms with Gasteiger partial charge in [-0.05, 0) is 66.2 Å². The van der Waals surface area contributed by atoms with E-state index in [9.17, 15) is 28.1 Å². The number of carbonyl (C=O) groups is 2. The van der Waals surface area contributed by atoms with E-state index in [1.165, 1.54) is 49.4 Å². The van der Waals surface area contributed by atoms with Gasteiger partial charge < -0.3 is 4.18 Å². The van der Waals surface area contributed by atoms with Crippen molar-refractivity contribution in [2.45, 2.75) is 18.4 Å². The molecule has 1 fully saturated rings. The predicted octanol–water partition coefficient (Wildman–Crippen LogP) is 5.56. The molecule has 0 bridgehead atoms. The Kier molecular flexibility index (Phi) is 7.16. The van der Waals surface area contributed by atoms with Crippen LogP contribution in [0.5, 0.6) is 5.75 Å². The molecule has 0 N–H and O–H groups in total. The number of rotatable bonds is 7. The highest BCUT2D eigenvalue weighted by molar-refractivity contribution is 8.18. The van der Waals surface area contributed by atoms with Crippen molar-refractivity contribution in [2.75, 3.05) is 0 Å². The predicted molar refractivity (Wildman–Crippen MR) is 135 cm³/mol. The number of benzene rings is 3. The van der Waals surface area contributed by atoms with Crippen molar-refractivity contribution in [3.8, 4) is 5.75 Å². The van der Waals surface area contributed by atoms with E-state index in [2.05, 4.69) is 0 Å². The zero-order valence-electron chi connectivity index (χ0n) is 18.6. The lowest BCUT2D eigenvalue weighted by atomic mass is 10.2. The number of halogens is 1. The molecule has 12 heteroatoms. The molecule has 0 aromatic heterocycles. The first-order valence-electron chi connectivity index (χ1n) is 10.3. The summed E-state index contributed by atoms with van der Waals surface area (Å²) in [4.78, 5) is 36.6. The second-order valence-corrected chi connectivity index (χ2v) is 10.7. The molecule has 0 atom stereocenters. The largest absolute Gasteiger partial charge is 0.379 e. The molecule has 3 aromatic carbocycles. The van der Waals surface area contributed by atoms with Gasteiger partial charge in [0, 0.05) is 16.7 Å². The van der Waals surface area contributed by atoms with Crippen LogP contribution in [0.2, 0.25) is 5.02 Å². The molecule has 1 heterocycles. The van der Waals surface area contributed by atoms with Crippen molar-refractivity contribution in [3.05, 3.63) is 103 Å². The minimum atomic E-state index is -4.31. The SMILES string of the molecule is Cc1ccc(S(=O)(=O)Oc2ccc(/C=C3\SC(=O)N(Cc4ccc(Cl)cc4)C3=O)cc2)cc1[N+](=O)[O-]. The maximum Gasteiger partial charge on any atom is 0.339 e. The van der Waals surface area contributed by atoms with Crippen molar-refractivity contribution >= 4 is 56.4 Å². The molecule has 36 heavy (non-hydrogen) atoms. The van der Waals surface area contributed by atoms with Crippen LogP contribution in [0, 0.1) is 17.0 Å². The molecule has 1 saturated heterocycles. The third-order valence-electron chi connectivity index (χ3n) is 5.18. The quantitative estimate of drug-likeness (QED) is 0.164. The molecule has 9 nitrogen and oxygen atoms in total. The van der Waals surface area contributed by atoms with Crippen LogP contribution in [0.4, 0.5) is 10.5 Å². The van der Waals surface area contributed by atoms with E-state index in [0.717, 1.165) is 28.3 Å². The normalized spacial score (nSPS) is 14.9. The van der Waals surface area contributed by atoms with E-state index in [1.807, 2.05) is 0 Å². The topological polar surface area (TPSA) is 124 Å². The Bertz CT molecular complexity index is 1500. The average molecular weight is 545 g/mol. The minimum absolute atomic E-state index is 0.0220. The maximum atomic E-state index is 12.7. The van der Waals surface area contributed by atoms with Crippen molar-refractivity contribution in [1.82, 2.24) is 4.90 Å². The average Bonchev–Trinajstić information content (AvgIpc) is 3.08. The van der Waals surface area contributed by atoms with Crippen LogP contribution in [0.15, 0.2) is 76.5 Å². The third kappa shape index (κ3) is 5.59. The summed E-state index contributed by atoms with van der Waals surface area (Å²) >= 11 is 6.68. The smallest absolute Gasteiger partial charge is 0.339 e. The Morgan fingerprint density at radius 1 is 1.06 bits per heavy atom. The van der Waals surface area contributed by atoms with Crippen molar-refractivity contribution in [1.29, 1.82) is 0 Å². The lowest BCUT2D eigenvalue weighted by Crippen LogP contribution is -2.27. The van der Waals surface area contributed by atoms with Gasteiger partial charge in [0.1, 0.15) is 10.6 Å². The first-order valence-corrected chi connectivity index (χ1v) is 12.9. The molecule has 1 aliphatic heterocycles. The third-order valence-corrected chi connectivity index (χ3v) is 7.58. The van der Waals surface area contributed by atoms with Crippen molar-refractivity contribution in [3.63, 3.8) is 0 Å². The molecule has 1 aliphatic rings. The van der Waals surface area contributed by atoms with Gasteiger partial charge in [0.25, 0.3) is 16.8 Å². The summed E-state index contributed by atoms with van der Waals surface area (Å²) < 4.78 is 30.3. The molecule has 3 aromatic rings. The monoisotopic (exact) mass is 544 g/mol. The molecule has 0 saturated carbocycles. The molecule has 4 rings (SSSR count). The Balaban J connectivity index is 1.48. The summed E-state index contributed by atoms with van der Waals surface area (Å²) in [6.07, 6.45) is 1.52. The second kappa shape index (κ2) is 10.1. The zero-order valence-corrected chi connectivity index (χ0v) is 21.0. The number of hydrogen-bond acceptors (Lipinski definition) is 8. The lowest BCUT2D eigenvalue weighted by molar-refractivity contribution is -0.385. The summed E-state index contributed by atoms with van der Waals surface area (Å²) in [5, 5.41) is 11.3. The van der Waals surface area contributed by atoms with Crippen molar-refractivity contribution < 1.29 is 27.1 Å². The highest BCUT2D eigenvalue weighted by Gasteiger charge is 2.35. The standard InChI is InChI=1S/C24H17ClN2O7S2/c1-15-2-11-20(13-21(15)27(30)31)36(32,33)34-19-9-5-16(6-10-19)12-22-23(28)26(24(29)35-22)14-17-3-7-18(25)8-4-17/h2-13H,14H2,1H3/b22-12-. The molecule has 0 unspecified atom stereocenters. The highest BCUT2D eigenvalue weighted by Crippen LogP contribution is 2.34. The van der Waals surface area contributed by atoms with Gasteiger partial charge in [-0.1, -0.05) is 41.9 Å². The molecule has 2 amide bonds. The van der Waals surface area contributed by atoms with Crippen LogP contribution in [0.25, 0.3) is 6.08 Å². The summed E-state index contributed by atoms with van der Waals surface area (Å²) in [6, 6.07) is 16.1. The van der Waals surface area contributed by atoms with Gasteiger partial charge >= 0.3 is 10.1 Å². The summed E-state index contributed by atoms with van der Waals surface area (Å²) in [5.41, 5.74) is 1.29. The number of nitro groups is 1. The number of aryl methyl sites for hydroxylation is 1. The van der Waals surface area contributed by atoms with Crippen LogP contribution in [-0.2, 0) is 21.5 Å². The van der Waals surface area contributed by atoms with Gasteiger partial charge in [0.05, 0.1) is 16.4 Å². The number of amides is 2. The minimum Gasteiger partial charge on any atom is -0.379 e. The molecular weight excluding hydrogens is 528 g/mol. The van der Waals surface area contributed by atoms with Crippen LogP contribution >= 0.6 is 23.4 Å². The van der Waals surface area contributed by atoms with Crippen LogP contribution in [-0.4, -0.2) is 29.4 Å². The number of imide groups is 1. The van der Waals surface area contributed by atoms with Crippen LogP contribution < -0.4 is 4.18 Å². The Morgan fingerprint density at radius 3 is 2.36 bits per heavy atom. The van der Waals surface area contributed by atoms with Gasteiger partial charge in [-0.15, -0.1) is 0 Å². The number of hydrogen-bond donors (Lipinski definition) is 0. The number of nitro benzene ring substituents is 1. The van der Waals surface area contributed by atoms with E-state index in [1.54, 1.807) is 24.3 Å². The number of nitrogens with zero attached hydrogens (tertiary/aromatic N) is 2. The fraction of sp³-hybridized carbons (Fsp3) is 0.0833. The molecular formula is C24H17ClN2O7S2. The van der Waals surface area contributed by atoms with Gasteiger partial charge in [-0.25, -0.2) is 0 Å². The summed E-state index contributed by atoms with van der Waals surface area (Å²) in [7, 11) is -4.31. The maximum absolute atomic E-state index is 12.7. The molecule has 0 spiro atoms. The Hall–Kier alpha value is -3.67. The second-order valence-electron chi connectivity index (χ2n) is 7.71. The summed E-state index contributed by atoms with van der Waals surface area (Å²) in [6.45, 7) is 1.61. The first-order chi connectivity index (χ1) is 17.0. The Labute approximate surface area is 215 Å². The molecule has 184 valence electrons. The van der Waals surface area contributed by atoms with Gasteiger partial charge in [0.2, 0.25) is 0 Å². The highest BCUT2D eigenvalue weighted by atomic mass is 35.5.